The highest BCUT2D eigenvalue weighted by Gasteiger charge is 2.31. The van der Waals surface area contributed by atoms with Gasteiger partial charge in [-0.05, 0) is 37.2 Å². The van der Waals surface area contributed by atoms with E-state index >= 15 is 0 Å². The maximum atomic E-state index is 3.92. The third kappa shape index (κ3) is 3.60. The molecule has 1 N–H and O–H groups in total. The van der Waals surface area contributed by atoms with Crippen LogP contribution in [0.5, 0.6) is 0 Å². The highest BCUT2D eigenvalue weighted by molar-refractivity contribution is 5.22. The summed E-state index contributed by atoms with van der Waals surface area (Å²) in [7, 11) is 0. The van der Waals surface area contributed by atoms with Crippen molar-refractivity contribution in [3.05, 3.63) is 35.9 Å². The molecule has 1 heteroatoms. The third-order valence-electron chi connectivity index (χ3n) is 4.99. The molecule has 1 nitrogen and oxygen atoms in total. The van der Waals surface area contributed by atoms with E-state index in [9.17, 15) is 0 Å². The van der Waals surface area contributed by atoms with E-state index in [4.69, 9.17) is 0 Å². The maximum Gasteiger partial charge on any atom is 0.00813 e. The molecule has 0 bridgehead atoms. The maximum absolute atomic E-state index is 3.92. The lowest BCUT2D eigenvalue weighted by atomic mass is 9.75. The van der Waals surface area contributed by atoms with Gasteiger partial charge >= 0.3 is 0 Å². The summed E-state index contributed by atoms with van der Waals surface area (Å²) >= 11 is 0. The van der Waals surface area contributed by atoms with Gasteiger partial charge in [0.1, 0.15) is 0 Å². The largest absolute Gasteiger partial charge is 0.311 e. The molecule has 2 saturated carbocycles. The fraction of sp³-hybridized carbons (Fsp3) is 0.667. The van der Waals surface area contributed by atoms with Crippen LogP contribution in [0.25, 0.3) is 0 Å². The van der Waals surface area contributed by atoms with Crippen LogP contribution in [0.4, 0.5) is 0 Å². The van der Waals surface area contributed by atoms with Crippen molar-refractivity contribution >= 4 is 0 Å². The summed E-state index contributed by atoms with van der Waals surface area (Å²) < 4.78 is 0. The van der Waals surface area contributed by atoms with Gasteiger partial charge in [-0.3, -0.25) is 0 Å². The molecule has 104 valence electrons. The first-order chi connectivity index (χ1) is 9.42. The molecule has 1 aromatic carbocycles. The van der Waals surface area contributed by atoms with Gasteiger partial charge in [-0.15, -0.1) is 0 Å². The van der Waals surface area contributed by atoms with Crippen LogP contribution in [0.3, 0.4) is 0 Å². The van der Waals surface area contributed by atoms with Crippen LogP contribution in [-0.4, -0.2) is 12.1 Å². The van der Waals surface area contributed by atoms with Gasteiger partial charge in [0.15, 0.2) is 0 Å². The summed E-state index contributed by atoms with van der Waals surface area (Å²) in [5.41, 5.74) is 1.54. The SMILES string of the molecule is c1ccc(C2CC(NC3CCCCCCC3)C2)cc1. The lowest BCUT2D eigenvalue weighted by Crippen LogP contribution is -2.45. The summed E-state index contributed by atoms with van der Waals surface area (Å²) in [6.07, 6.45) is 12.8. The van der Waals surface area contributed by atoms with Crippen LogP contribution in [-0.2, 0) is 0 Å². The van der Waals surface area contributed by atoms with Crippen LogP contribution in [0.2, 0.25) is 0 Å². The van der Waals surface area contributed by atoms with E-state index in [-0.39, 0.29) is 0 Å². The Morgan fingerprint density at radius 1 is 0.737 bits per heavy atom. The van der Waals surface area contributed by atoms with Crippen LogP contribution in [0.1, 0.15) is 69.3 Å². The molecule has 3 rings (SSSR count). The smallest absolute Gasteiger partial charge is 0.00813 e. The normalized spacial score (nSPS) is 29.3. The van der Waals surface area contributed by atoms with Gasteiger partial charge in [0.25, 0.3) is 0 Å². The third-order valence-corrected chi connectivity index (χ3v) is 4.99. The lowest BCUT2D eigenvalue weighted by molar-refractivity contribution is 0.245. The van der Waals surface area contributed by atoms with Gasteiger partial charge in [-0.2, -0.15) is 0 Å². The number of nitrogens with one attached hydrogen (secondary N) is 1. The predicted molar refractivity (Wildman–Crippen MR) is 81.4 cm³/mol. The fourth-order valence-electron chi connectivity index (χ4n) is 3.71. The van der Waals surface area contributed by atoms with Gasteiger partial charge in [0.2, 0.25) is 0 Å². The first-order valence-corrected chi connectivity index (χ1v) is 8.23. The Morgan fingerprint density at radius 3 is 2.05 bits per heavy atom. The molecule has 2 aliphatic carbocycles. The highest BCUT2D eigenvalue weighted by Crippen LogP contribution is 2.37. The second kappa shape index (κ2) is 6.56. The Hall–Kier alpha value is -0.820. The molecule has 0 radical (unpaired) electrons. The molecule has 2 aliphatic rings. The van der Waals surface area contributed by atoms with Crippen molar-refractivity contribution in [3.8, 4) is 0 Å². The van der Waals surface area contributed by atoms with Crippen LogP contribution in [0, 0.1) is 0 Å². The molecule has 0 amide bonds. The van der Waals surface area contributed by atoms with Gasteiger partial charge in [-0.1, -0.05) is 62.4 Å². The topological polar surface area (TPSA) is 12.0 Å². The standard InChI is InChI=1S/C18H27N/c1-2-7-11-17(12-8-3-1)19-18-13-16(14-18)15-9-5-4-6-10-15/h4-6,9-10,16-19H,1-3,7-8,11-14H2. The van der Waals surface area contributed by atoms with Gasteiger partial charge in [0.05, 0.1) is 0 Å². The Morgan fingerprint density at radius 2 is 1.37 bits per heavy atom. The summed E-state index contributed by atoms with van der Waals surface area (Å²) in [5, 5.41) is 3.92. The van der Waals surface area contributed by atoms with Crippen molar-refractivity contribution in [2.75, 3.05) is 0 Å². The fourth-order valence-corrected chi connectivity index (χ4v) is 3.71. The molecule has 0 aromatic heterocycles. The van der Waals surface area contributed by atoms with E-state index in [1.54, 1.807) is 5.56 Å². The monoisotopic (exact) mass is 257 g/mol. The van der Waals surface area contributed by atoms with E-state index in [1.807, 2.05) is 0 Å². The predicted octanol–water partition coefficient (Wildman–Crippen LogP) is 4.64. The zero-order chi connectivity index (χ0) is 12.9. The molecule has 0 atom stereocenters. The quantitative estimate of drug-likeness (QED) is 0.832. The number of benzene rings is 1. The Labute approximate surface area is 117 Å². The first kappa shape index (κ1) is 13.2. The first-order valence-electron chi connectivity index (χ1n) is 8.23. The van der Waals surface area contributed by atoms with Crippen molar-refractivity contribution < 1.29 is 0 Å². The van der Waals surface area contributed by atoms with Crippen molar-refractivity contribution in [1.82, 2.24) is 5.32 Å². The summed E-state index contributed by atoms with van der Waals surface area (Å²) in [6, 6.07) is 12.6. The molecule has 19 heavy (non-hydrogen) atoms. The van der Waals surface area contributed by atoms with Gasteiger partial charge in [-0.25, -0.2) is 0 Å². The average Bonchev–Trinajstić information content (AvgIpc) is 2.36. The molecule has 0 aliphatic heterocycles. The second-order valence-electron chi connectivity index (χ2n) is 6.48. The van der Waals surface area contributed by atoms with Crippen molar-refractivity contribution in [1.29, 1.82) is 0 Å². The lowest BCUT2D eigenvalue weighted by Gasteiger charge is -2.39. The average molecular weight is 257 g/mol. The van der Waals surface area contributed by atoms with E-state index in [2.05, 4.69) is 35.6 Å². The zero-order valence-corrected chi connectivity index (χ0v) is 12.0. The molecule has 1 aromatic rings. The van der Waals surface area contributed by atoms with Crippen LogP contribution in [0.15, 0.2) is 30.3 Å². The van der Waals surface area contributed by atoms with Crippen molar-refractivity contribution in [2.24, 2.45) is 0 Å². The van der Waals surface area contributed by atoms with E-state index in [0.717, 1.165) is 18.0 Å². The van der Waals surface area contributed by atoms with Crippen molar-refractivity contribution in [3.63, 3.8) is 0 Å². The Bertz CT molecular complexity index is 359. The molecule has 2 fully saturated rings. The minimum Gasteiger partial charge on any atom is -0.311 e. The summed E-state index contributed by atoms with van der Waals surface area (Å²) in [5.74, 6) is 0.812. The zero-order valence-electron chi connectivity index (χ0n) is 12.0. The molecular formula is C18H27N. The number of hydrogen-bond acceptors (Lipinski definition) is 1. The van der Waals surface area contributed by atoms with E-state index in [1.165, 1.54) is 57.8 Å². The van der Waals surface area contributed by atoms with Crippen LogP contribution < -0.4 is 5.32 Å². The molecule has 0 unspecified atom stereocenters. The van der Waals surface area contributed by atoms with Crippen molar-refractivity contribution in [2.45, 2.75) is 75.8 Å². The second-order valence-corrected chi connectivity index (χ2v) is 6.48. The minimum atomic E-state index is 0.787. The van der Waals surface area contributed by atoms with Crippen LogP contribution >= 0.6 is 0 Å². The highest BCUT2D eigenvalue weighted by atomic mass is 15.0. The molecule has 0 spiro atoms. The van der Waals surface area contributed by atoms with E-state index < -0.39 is 0 Å². The Kier molecular flexibility index (Phi) is 4.55. The van der Waals surface area contributed by atoms with E-state index in [0.29, 0.717) is 0 Å². The Balaban J connectivity index is 1.43. The molecular weight excluding hydrogens is 230 g/mol. The summed E-state index contributed by atoms with van der Waals surface area (Å²) in [4.78, 5) is 0. The number of hydrogen-bond donors (Lipinski definition) is 1. The summed E-state index contributed by atoms with van der Waals surface area (Å²) in [6.45, 7) is 0. The minimum absolute atomic E-state index is 0.787. The number of rotatable bonds is 3. The van der Waals surface area contributed by atoms with Gasteiger partial charge in [0, 0.05) is 12.1 Å². The molecule has 0 heterocycles. The molecule has 0 saturated heterocycles. The van der Waals surface area contributed by atoms with Gasteiger partial charge < -0.3 is 5.32 Å².